The van der Waals surface area contributed by atoms with Gasteiger partial charge in [0.25, 0.3) is 0 Å². The summed E-state index contributed by atoms with van der Waals surface area (Å²) in [6.45, 7) is 3.99. The fourth-order valence-corrected chi connectivity index (χ4v) is 3.41. The normalized spacial score (nSPS) is 14.1. The lowest BCUT2D eigenvalue weighted by Crippen LogP contribution is -2.28. The summed E-state index contributed by atoms with van der Waals surface area (Å²) in [5.74, 6) is 0.776. The Morgan fingerprint density at radius 2 is 2.00 bits per heavy atom. The molecule has 2 N–H and O–H groups in total. The van der Waals surface area contributed by atoms with Crippen LogP contribution in [0.2, 0.25) is 9.36 Å². The van der Waals surface area contributed by atoms with Gasteiger partial charge in [0.2, 0.25) is 0 Å². The van der Waals surface area contributed by atoms with Gasteiger partial charge in [-0.3, -0.25) is 0 Å². The summed E-state index contributed by atoms with van der Waals surface area (Å²) in [5, 5.41) is 0.761. The SMILES string of the molecule is CCc1cc(OC(c2ccc(Cl)s2)C(C)N)ccc1Cl. The Hall–Kier alpha value is -0.740. The Morgan fingerprint density at radius 1 is 1.25 bits per heavy atom. The molecular weight excluding hydrogens is 313 g/mol. The first-order chi connectivity index (χ1) is 9.51. The summed E-state index contributed by atoms with van der Waals surface area (Å²) in [6.07, 6.45) is 0.655. The molecule has 1 aromatic carbocycles. The van der Waals surface area contributed by atoms with Gasteiger partial charge in [0, 0.05) is 15.9 Å². The number of thiophene rings is 1. The fraction of sp³-hybridized carbons (Fsp3) is 0.333. The van der Waals surface area contributed by atoms with Crippen LogP contribution < -0.4 is 10.5 Å². The number of nitrogens with two attached hydrogens (primary N) is 1. The Morgan fingerprint density at radius 3 is 2.55 bits per heavy atom. The molecule has 1 heterocycles. The standard InChI is InChI=1S/C15H17Cl2NOS/c1-3-10-8-11(4-5-12(10)16)19-15(9(2)18)13-6-7-14(17)20-13/h4-9,15H,3,18H2,1-2H3. The van der Waals surface area contributed by atoms with E-state index in [2.05, 4.69) is 6.92 Å². The van der Waals surface area contributed by atoms with E-state index in [-0.39, 0.29) is 12.1 Å². The summed E-state index contributed by atoms with van der Waals surface area (Å²) < 4.78 is 6.78. The molecule has 0 fully saturated rings. The van der Waals surface area contributed by atoms with Crippen LogP contribution in [0.1, 0.15) is 30.4 Å². The van der Waals surface area contributed by atoms with Crippen LogP contribution in [0.25, 0.3) is 0 Å². The largest absolute Gasteiger partial charge is 0.483 e. The number of hydrogen-bond acceptors (Lipinski definition) is 3. The number of hydrogen-bond donors (Lipinski definition) is 1. The number of aryl methyl sites for hydroxylation is 1. The second kappa shape index (κ2) is 6.81. The van der Waals surface area contributed by atoms with Gasteiger partial charge in [-0.25, -0.2) is 0 Å². The topological polar surface area (TPSA) is 35.2 Å². The zero-order chi connectivity index (χ0) is 14.7. The van der Waals surface area contributed by atoms with E-state index in [0.29, 0.717) is 0 Å². The van der Waals surface area contributed by atoms with Crippen LogP contribution in [0.15, 0.2) is 30.3 Å². The molecule has 0 aliphatic heterocycles. The smallest absolute Gasteiger partial charge is 0.148 e. The quantitative estimate of drug-likeness (QED) is 0.829. The maximum Gasteiger partial charge on any atom is 0.148 e. The van der Waals surface area contributed by atoms with Crippen LogP contribution >= 0.6 is 34.5 Å². The zero-order valence-electron chi connectivity index (χ0n) is 11.4. The first-order valence-corrected chi connectivity index (χ1v) is 8.04. The Labute approximate surface area is 133 Å². The number of benzene rings is 1. The summed E-state index contributed by atoms with van der Waals surface area (Å²) in [7, 11) is 0. The van der Waals surface area contributed by atoms with Crippen molar-refractivity contribution in [2.45, 2.75) is 32.4 Å². The Kier molecular flexibility index (Phi) is 5.33. The molecule has 1 aromatic heterocycles. The van der Waals surface area contributed by atoms with E-state index in [0.717, 1.165) is 32.0 Å². The van der Waals surface area contributed by atoms with Crippen molar-refractivity contribution in [1.29, 1.82) is 0 Å². The van der Waals surface area contributed by atoms with Crippen LogP contribution in [-0.2, 0) is 6.42 Å². The van der Waals surface area contributed by atoms with E-state index in [1.807, 2.05) is 37.3 Å². The van der Waals surface area contributed by atoms with Gasteiger partial charge >= 0.3 is 0 Å². The highest BCUT2D eigenvalue weighted by Gasteiger charge is 2.20. The molecule has 0 amide bonds. The highest BCUT2D eigenvalue weighted by molar-refractivity contribution is 7.16. The van der Waals surface area contributed by atoms with Gasteiger partial charge in [-0.05, 0) is 49.2 Å². The summed E-state index contributed by atoms with van der Waals surface area (Å²) in [5.41, 5.74) is 7.11. The molecule has 0 aliphatic rings. The molecule has 0 bridgehead atoms. The first kappa shape index (κ1) is 15.6. The molecule has 5 heteroatoms. The van der Waals surface area contributed by atoms with Crippen molar-refractivity contribution in [1.82, 2.24) is 0 Å². The minimum Gasteiger partial charge on any atom is -0.483 e. The molecule has 2 unspecified atom stereocenters. The van der Waals surface area contributed by atoms with Crippen molar-refractivity contribution in [2.24, 2.45) is 5.73 Å². The van der Waals surface area contributed by atoms with E-state index in [4.69, 9.17) is 33.7 Å². The van der Waals surface area contributed by atoms with Crippen molar-refractivity contribution >= 4 is 34.5 Å². The molecule has 0 aliphatic carbocycles. The van der Waals surface area contributed by atoms with Gasteiger partial charge in [-0.1, -0.05) is 30.1 Å². The van der Waals surface area contributed by atoms with E-state index in [1.54, 1.807) is 0 Å². The molecule has 0 radical (unpaired) electrons. The molecular formula is C15H17Cl2NOS. The van der Waals surface area contributed by atoms with Crippen LogP contribution in [0, 0.1) is 0 Å². The van der Waals surface area contributed by atoms with Gasteiger partial charge in [-0.2, -0.15) is 0 Å². The fourth-order valence-electron chi connectivity index (χ4n) is 1.95. The van der Waals surface area contributed by atoms with Gasteiger partial charge < -0.3 is 10.5 Å². The molecule has 2 atom stereocenters. The maximum atomic E-state index is 6.12. The molecule has 0 saturated heterocycles. The van der Waals surface area contributed by atoms with E-state index >= 15 is 0 Å². The zero-order valence-corrected chi connectivity index (χ0v) is 13.7. The van der Waals surface area contributed by atoms with Gasteiger partial charge in [-0.15, -0.1) is 11.3 Å². The second-order valence-corrected chi connectivity index (χ2v) is 6.80. The first-order valence-electron chi connectivity index (χ1n) is 6.47. The van der Waals surface area contributed by atoms with Crippen molar-refractivity contribution in [3.05, 3.63) is 50.1 Å². The third kappa shape index (κ3) is 3.67. The molecule has 2 aromatic rings. The lowest BCUT2D eigenvalue weighted by molar-refractivity contribution is 0.184. The van der Waals surface area contributed by atoms with Crippen molar-refractivity contribution in [2.75, 3.05) is 0 Å². The highest BCUT2D eigenvalue weighted by Crippen LogP contribution is 2.33. The highest BCUT2D eigenvalue weighted by atomic mass is 35.5. The van der Waals surface area contributed by atoms with E-state index < -0.39 is 0 Å². The van der Waals surface area contributed by atoms with Crippen molar-refractivity contribution in [3.63, 3.8) is 0 Å². The predicted molar refractivity (Wildman–Crippen MR) is 87.2 cm³/mol. The molecule has 2 rings (SSSR count). The van der Waals surface area contributed by atoms with E-state index in [1.165, 1.54) is 11.3 Å². The maximum absolute atomic E-state index is 6.12. The molecule has 20 heavy (non-hydrogen) atoms. The second-order valence-electron chi connectivity index (χ2n) is 4.65. The monoisotopic (exact) mass is 329 g/mol. The number of halogens is 2. The van der Waals surface area contributed by atoms with E-state index in [9.17, 15) is 0 Å². The minimum absolute atomic E-state index is 0.134. The van der Waals surface area contributed by atoms with Crippen molar-refractivity contribution in [3.8, 4) is 5.75 Å². The molecule has 0 spiro atoms. The molecule has 0 saturated carbocycles. The van der Waals surface area contributed by atoms with Crippen LogP contribution in [-0.4, -0.2) is 6.04 Å². The molecule has 108 valence electrons. The summed E-state index contributed by atoms with van der Waals surface area (Å²) in [4.78, 5) is 1.03. The Balaban J connectivity index is 2.24. The third-order valence-electron chi connectivity index (χ3n) is 3.01. The van der Waals surface area contributed by atoms with Crippen LogP contribution in [0.3, 0.4) is 0 Å². The van der Waals surface area contributed by atoms with Gasteiger partial charge in [0.05, 0.1) is 4.34 Å². The average molecular weight is 330 g/mol. The molecule has 2 nitrogen and oxygen atoms in total. The summed E-state index contributed by atoms with van der Waals surface area (Å²) in [6, 6.07) is 9.37. The van der Waals surface area contributed by atoms with Gasteiger partial charge in [0.1, 0.15) is 11.9 Å². The minimum atomic E-state index is -0.210. The number of ether oxygens (including phenoxy) is 1. The lowest BCUT2D eigenvalue weighted by Gasteiger charge is -2.22. The van der Waals surface area contributed by atoms with Crippen molar-refractivity contribution < 1.29 is 4.74 Å². The average Bonchev–Trinajstić information content (AvgIpc) is 2.83. The predicted octanol–water partition coefficient (Wildman–Crippen LogP) is 5.08. The third-order valence-corrected chi connectivity index (χ3v) is 4.67. The van der Waals surface area contributed by atoms with Crippen LogP contribution in [0.4, 0.5) is 0 Å². The summed E-state index contributed by atoms with van der Waals surface area (Å²) >= 11 is 13.6. The Bertz CT molecular complexity index is 583. The van der Waals surface area contributed by atoms with Crippen LogP contribution in [0.5, 0.6) is 5.75 Å². The lowest BCUT2D eigenvalue weighted by atomic mass is 10.1. The van der Waals surface area contributed by atoms with Gasteiger partial charge in [0.15, 0.2) is 0 Å². The number of rotatable bonds is 5.